The molecule has 3 aromatic rings. The second-order valence-electron chi connectivity index (χ2n) is 8.48. The molecule has 0 bridgehead atoms. The van der Waals surface area contributed by atoms with Crippen molar-refractivity contribution in [1.29, 1.82) is 0 Å². The average Bonchev–Trinajstić information content (AvgIpc) is 2.82. The van der Waals surface area contributed by atoms with E-state index in [0.29, 0.717) is 5.36 Å². The van der Waals surface area contributed by atoms with Crippen LogP contribution in [0.1, 0.15) is 38.8 Å². The molecule has 0 radical (unpaired) electrons. The molecule has 0 fully saturated rings. The van der Waals surface area contributed by atoms with Crippen LogP contribution in [0.25, 0.3) is 28.1 Å². The maximum Gasteiger partial charge on any atom is 0.129 e. The van der Waals surface area contributed by atoms with E-state index in [4.69, 9.17) is 9.82 Å². The SMILES string of the molecule is C/C(=C\c1c(C)ccc2ncc(-c3ccccc3)cc2/c1=N/OC(C)(C)C)NS(C)=O. The summed E-state index contributed by atoms with van der Waals surface area (Å²) in [5, 5.41) is 6.16. The van der Waals surface area contributed by atoms with E-state index in [1.54, 1.807) is 6.26 Å². The Morgan fingerprint density at radius 2 is 1.84 bits per heavy atom. The highest BCUT2D eigenvalue weighted by Crippen LogP contribution is 2.22. The molecule has 1 unspecified atom stereocenters. The van der Waals surface area contributed by atoms with Gasteiger partial charge in [0.15, 0.2) is 0 Å². The first kappa shape index (κ1) is 22.7. The minimum absolute atomic E-state index is 0.446. The van der Waals surface area contributed by atoms with Gasteiger partial charge in [0, 0.05) is 34.7 Å². The minimum Gasteiger partial charge on any atom is -0.390 e. The van der Waals surface area contributed by atoms with Crippen LogP contribution in [0.2, 0.25) is 0 Å². The molecule has 0 saturated heterocycles. The number of rotatable bonds is 5. The van der Waals surface area contributed by atoms with Crippen LogP contribution in [-0.4, -0.2) is 21.0 Å². The predicted molar refractivity (Wildman–Crippen MR) is 129 cm³/mol. The third kappa shape index (κ3) is 6.01. The summed E-state index contributed by atoms with van der Waals surface area (Å²) in [5.41, 5.74) is 5.15. The average molecular weight is 436 g/mol. The van der Waals surface area contributed by atoms with Crippen LogP contribution in [0.5, 0.6) is 0 Å². The van der Waals surface area contributed by atoms with Crippen LogP contribution in [0.4, 0.5) is 0 Å². The smallest absolute Gasteiger partial charge is 0.129 e. The van der Waals surface area contributed by atoms with Crippen LogP contribution >= 0.6 is 0 Å². The Morgan fingerprint density at radius 1 is 1.13 bits per heavy atom. The van der Waals surface area contributed by atoms with Crippen molar-refractivity contribution >= 4 is 28.0 Å². The molecule has 1 N–H and O–H groups in total. The molecule has 0 aliphatic rings. The van der Waals surface area contributed by atoms with Gasteiger partial charge in [0.05, 0.1) is 5.52 Å². The Balaban J connectivity index is 2.37. The van der Waals surface area contributed by atoms with Crippen LogP contribution < -0.4 is 10.1 Å². The lowest BCUT2D eigenvalue weighted by molar-refractivity contribution is -0.00585. The summed E-state index contributed by atoms with van der Waals surface area (Å²) in [6, 6.07) is 16.3. The highest BCUT2D eigenvalue weighted by molar-refractivity contribution is 7.82. The van der Waals surface area contributed by atoms with Crippen molar-refractivity contribution in [3.8, 4) is 11.1 Å². The first-order valence-corrected chi connectivity index (χ1v) is 11.7. The van der Waals surface area contributed by atoms with Crippen molar-refractivity contribution in [3.05, 3.63) is 76.9 Å². The van der Waals surface area contributed by atoms with Gasteiger partial charge < -0.3 is 9.56 Å². The number of nitrogens with zero attached hydrogens (tertiary/aromatic N) is 2. The number of nitrogens with one attached hydrogen (secondary N) is 1. The molecule has 3 rings (SSSR count). The zero-order chi connectivity index (χ0) is 22.6. The van der Waals surface area contributed by atoms with Gasteiger partial charge >= 0.3 is 0 Å². The number of aryl methyl sites for hydroxylation is 1. The van der Waals surface area contributed by atoms with Crippen molar-refractivity contribution in [2.45, 2.75) is 40.2 Å². The van der Waals surface area contributed by atoms with Crippen LogP contribution in [0, 0.1) is 6.92 Å². The lowest BCUT2D eigenvalue weighted by Gasteiger charge is -2.15. The second kappa shape index (κ2) is 9.43. The van der Waals surface area contributed by atoms with Gasteiger partial charge in [0.25, 0.3) is 0 Å². The molecule has 1 heterocycles. The van der Waals surface area contributed by atoms with Crippen molar-refractivity contribution in [2.24, 2.45) is 5.16 Å². The molecule has 0 aliphatic heterocycles. The van der Waals surface area contributed by atoms with E-state index >= 15 is 0 Å². The molecular weight excluding hydrogens is 406 g/mol. The van der Waals surface area contributed by atoms with E-state index < -0.39 is 16.6 Å². The van der Waals surface area contributed by atoms with Crippen molar-refractivity contribution in [1.82, 2.24) is 9.71 Å². The summed E-state index contributed by atoms with van der Waals surface area (Å²) in [4.78, 5) is 10.6. The maximum atomic E-state index is 11.6. The van der Waals surface area contributed by atoms with Gasteiger partial charge in [-0.15, -0.1) is 0 Å². The van der Waals surface area contributed by atoms with Crippen molar-refractivity contribution in [3.63, 3.8) is 0 Å². The third-order valence-corrected chi connectivity index (χ3v) is 5.14. The highest BCUT2D eigenvalue weighted by atomic mass is 32.2. The molecule has 162 valence electrons. The first-order valence-electron chi connectivity index (χ1n) is 10.1. The Hall–Kier alpha value is -2.99. The zero-order valence-corrected chi connectivity index (χ0v) is 19.7. The number of hydrogen-bond acceptors (Lipinski definition) is 4. The molecule has 0 aliphatic carbocycles. The number of hydrogen-bond donors (Lipinski definition) is 1. The fraction of sp³-hybridized carbons (Fsp3) is 0.280. The fourth-order valence-electron chi connectivity index (χ4n) is 3.15. The molecule has 0 amide bonds. The van der Waals surface area contributed by atoms with Gasteiger partial charge in [-0.3, -0.25) is 4.98 Å². The van der Waals surface area contributed by atoms with Crippen LogP contribution in [0.15, 0.2) is 65.6 Å². The number of fused-ring (bicyclic) bond motifs is 1. The molecule has 2 aromatic carbocycles. The first-order chi connectivity index (χ1) is 14.6. The third-order valence-electron chi connectivity index (χ3n) is 4.53. The van der Waals surface area contributed by atoms with Crippen LogP contribution in [0.3, 0.4) is 0 Å². The predicted octanol–water partition coefficient (Wildman–Crippen LogP) is 5.08. The number of aromatic nitrogens is 1. The highest BCUT2D eigenvalue weighted by Gasteiger charge is 2.12. The second-order valence-corrected chi connectivity index (χ2v) is 9.59. The minimum atomic E-state index is -1.16. The number of allylic oxidation sites excluding steroid dienone is 1. The maximum absolute atomic E-state index is 11.6. The largest absolute Gasteiger partial charge is 0.390 e. The van der Waals surface area contributed by atoms with Gasteiger partial charge in [-0.05, 0) is 64.0 Å². The summed E-state index contributed by atoms with van der Waals surface area (Å²) in [5.74, 6) is 0. The molecular formula is C25H29N3O2S. The lowest BCUT2D eigenvalue weighted by Crippen LogP contribution is -2.20. The molecule has 31 heavy (non-hydrogen) atoms. The standard InChI is InChI=1S/C25H29N3O2S/c1-17-12-13-23-22(15-20(16-26-23)19-10-8-7-9-11-19)24(27-30-25(3,4)5)21(17)14-18(2)28-31(6)29/h7-16,28H,1-6H3/b18-14+,27-24+. The normalized spacial score (nSPS) is 13.9. The molecule has 1 atom stereocenters. The van der Waals surface area contributed by atoms with Gasteiger partial charge in [0.1, 0.15) is 21.9 Å². The van der Waals surface area contributed by atoms with Gasteiger partial charge in [-0.25, -0.2) is 4.21 Å². The van der Waals surface area contributed by atoms with E-state index in [-0.39, 0.29) is 0 Å². The Bertz CT molecular complexity index is 1210. The quantitative estimate of drug-likeness (QED) is 0.568. The molecule has 1 aromatic heterocycles. The summed E-state index contributed by atoms with van der Waals surface area (Å²) in [7, 11) is -1.16. The lowest BCUT2D eigenvalue weighted by atomic mass is 10.0. The van der Waals surface area contributed by atoms with E-state index in [9.17, 15) is 4.21 Å². The topological polar surface area (TPSA) is 63.6 Å². The van der Waals surface area contributed by atoms with Crippen molar-refractivity contribution < 1.29 is 9.05 Å². The Labute approximate surface area is 186 Å². The molecule has 6 heteroatoms. The van der Waals surface area contributed by atoms with Crippen LogP contribution in [-0.2, 0) is 15.8 Å². The summed E-state index contributed by atoms with van der Waals surface area (Å²) < 4.78 is 14.6. The molecule has 5 nitrogen and oxygen atoms in total. The summed E-state index contributed by atoms with van der Waals surface area (Å²) in [6.07, 6.45) is 5.44. The molecule has 0 spiro atoms. The van der Waals surface area contributed by atoms with Crippen molar-refractivity contribution in [2.75, 3.05) is 6.26 Å². The summed E-state index contributed by atoms with van der Waals surface area (Å²) in [6.45, 7) is 9.80. The number of benzene rings is 1. The zero-order valence-electron chi connectivity index (χ0n) is 18.9. The fourth-order valence-corrected chi connectivity index (χ4v) is 3.66. The summed E-state index contributed by atoms with van der Waals surface area (Å²) >= 11 is 0. The monoisotopic (exact) mass is 435 g/mol. The van der Waals surface area contributed by atoms with E-state index in [2.05, 4.69) is 28.1 Å². The van der Waals surface area contributed by atoms with Gasteiger partial charge in [0.2, 0.25) is 0 Å². The van der Waals surface area contributed by atoms with Gasteiger partial charge in [-0.2, -0.15) is 0 Å². The van der Waals surface area contributed by atoms with E-state index in [1.165, 1.54) is 0 Å². The van der Waals surface area contributed by atoms with E-state index in [1.807, 2.05) is 77.2 Å². The Kier molecular flexibility index (Phi) is 6.91. The van der Waals surface area contributed by atoms with Gasteiger partial charge in [-0.1, -0.05) is 41.6 Å². The number of pyridine rings is 1. The Morgan fingerprint density at radius 3 is 2.48 bits per heavy atom. The van der Waals surface area contributed by atoms with E-state index in [0.717, 1.165) is 38.9 Å². The molecule has 0 saturated carbocycles.